The quantitative estimate of drug-likeness (QED) is 0.312. The Hall–Kier alpha value is -4.85. The van der Waals surface area contributed by atoms with Gasteiger partial charge in [0, 0.05) is 17.1 Å². The first-order valence-electron chi connectivity index (χ1n) is 12.3. The summed E-state index contributed by atoms with van der Waals surface area (Å²) in [4.78, 5) is 26.9. The number of rotatable bonds is 6. The smallest absolute Gasteiger partial charge is 0.261 e. The van der Waals surface area contributed by atoms with Gasteiger partial charge in [-0.05, 0) is 68.3 Å². The van der Waals surface area contributed by atoms with Crippen LogP contribution in [0.25, 0.3) is 0 Å². The van der Waals surface area contributed by atoms with E-state index >= 15 is 0 Å². The minimum atomic E-state index is -0.536. The lowest BCUT2D eigenvalue weighted by molar-refractivity contribution is -0.113. The maximum absolute atomic E-state index is 13.6. The summed E-state index contributed by atoms with van der Waals surface area (Å²) in [5.74, 6) is 0.677. The van der Waals surface area contributed by atoms with Crippen molar-refractivity contribution in [3.63, 3.8) is 0 Å². The highest BCUT2D eigenvalue weighted by Crippen LogP contribution is 2.38. The van der Waals surface area contributed by atoms with Crippen LogP contribution in [0, 0.1) is 13.8 Å². The lowest BCUT2D eigenvalue weighted by Crippen LogP contribution is -2.32. The van der Waals surface area contributed by atoms with Crippen LogP contribution in [0.1, 0.15) is 40.0 Å². The molecule has 5 rings (SSSR count). The van der Waals surface area contributed by atoms with E-state index in [1.165, 1.54) is 6.20 Å². The predicted molar refractivity (Wildman–Crippen MR) is 149 cm³/mol. The van der Waals surface area contributed by atoms with Crippen LogP contribution < -0.4 is 20.7 Å². The summed E-state index contributed by atoms with van der Waals surface area (Å²) in [6.45, 7) is 5.82. The topological polar surface area (TPSA) is 97.3 Å². The Kier molecular flexibility index (Phi) is 6.70. The third-order valence-electron chi connectivity index (χ3n) is 6.53. The highest BCUT2D eigenvalue weighted by Gasteiger charge is 2.35. The molecule has 1 aliphatic heterocycles. The Labute approximate surface area is 221 Å². The molecule has 8 nitrogen and oxygen atoms in total. The Bertz CT molecular complexity index is 1540. The lowest BCUT2D eigenvalue weighted by atomic mass is 9.94. The second kappa shape index (κ2) is 10.3. The second-order valence-corrected chi connectivity index (χ2v) is 9.33. The van der Waals surface area contributed by atoms with Gasteiger partial charge in [-0.15, -0.1) is 0 Å². The zero-order valence-corrected chi connectivity index (χ0v) is 21.7. The van der Waals surface area contributed by atoms with E-state index in [4.69, 9.17) is 4.74 Å². The standard InChI is InChI=1S/C30H29N5O3/c1-18-8-10-21(11-9-18)27-26(30(37)33-22-12-14-24(38-4)15-13-22)20(3)32-28-25(17-31-35(27)28)29(36)34-23-7-5-6-19(2)16-23/h5-17,27,32H,1-4H3,(H,33,37)(H,34,36)/t27-/m0/s1. The summed E-state index contributed by atoms with van der Waals surface area (Å²) in [5.41, 5.74) is 5.90. The van der Waals surface area contributed by atoms with E-state index in [9.17, 15) is 9.59 Å². The van der Waals surface area contributed by atoms with Crippen LogP contribution in [0.2, 0.25) is 0 Å². The number of methoxy groups -OCH3 is 1. The van der Waals surface area contributed by atoms with Gasteiger partial charge in [0.15, 0.2) is 0 Å². The fraction of sp³-hybridized carbons (Fsp3) is 0.167. The molecule has 2 heterocycles. The fourth-order valence-corrected chi connectivity index (χ4v) is 4.57. The average molecular weight is 508 g/mol. The Morgan fingerprint density at radius 1 is 0.868 bits per heavy atom. The van der Waals surface area contributed by atoms with Crippen LogP contribution in [0.3, 0.4) is 0 Å². The van der Waals surface area contributed by atoms with Crippen molar-refractivity contribution in [1.29, 1.82) is 0 Å². The number of anilines is 3. The number of benzene rings is 3. The molecule has 1 aromatic heterocycles. The lowest BCUT2D eigenvalue weighted by Gasteiger charge is -2.30. The number of aromatic nitrogens is 2. The van der Waals surface area contributed by atoms with Crippen LogP contribution in [-0.4, -0.2) is 28.7 Å². The van der Waals surface area contributed by atoms with Gasteiger partial charge < -0.3 is 20.7 Å². The maximum atomic E-state index is 13.6. The summed E-state index contributed by atoms with van der Waals surface area (Å²) >= 11 is 0. The van der Waals surface area contributed by atoms with Crippen molar-refractivity contribution in [2.24, 2.45) is 0 Å². The number of aryl methyl sites for hydroxylation is 2. The molecule has 4 aromatic rings. The number of allylic oxidation sites excluding steroid dienone is 1. The molecule has 0 unspecified atom stereocenters. The first-order chi connectivity index (χ1) is 18.3. The van der Waals surface area contributed by atoms with Gasteiger partial charge in [-0.2, -0.15) is 5.10 Å². The number of nitrogens with one attached hydrogen (secondary N) is 3. The molecule has 3 aromatic carbocycles. The van der Waals surface area contributed by atoms with Gasteiger partial charge in [0.2, 0.25) is 0 Å². The Morgan fingerprint density at radius 3 is 2.26 bits per heavy atom. The maximum Gasteiger partial charge on any atom is 0.261 e. The predicted octanol–water partition coefficient (Wildman–Crippen LogP) is 5.69. The Morgan fingerprint density at radius 2 is 1.58 bits per heavy atom. The molecule has 0 bridgehead atoms. The van der Waals surface area contributed by atoms with Crippen molar-refractivity contribution >= 4 is 29.0 Å². The number of carbonyl (C=O) groups is 2. The first-order valence-corrected chi connectivity index (χ1v) is 12.3. The van der Waals surface area contributed by atoms with Gasteiger partial charge in [0.1, 0.15) is 23.2 Å². The minimum absolute atomic E-state index is 0.266. The van der Waals surface area contributed by atoms with Crippen LogP contribution >= 0.6 is 0 Å². The molecule has 0 spiro atoms. The number of amides is 2. The number of hydrogen-bond acceptors (Lipinski definition) is 5. The van der Waals surface area contributed by atoms with Crippen molar-refractivity contribution in [2.75, 3.05) is 23.1 Å². The molecule has 0 saturated carbocycles. The summed E-state index contributed by atoms with van der Waals surface area (Å²) in [7, 11) is 1.60. The molecular formula is C30H29N5O3. The van der Waals surface area contributed by atoms with E-state index < -0.39 is 6.04 Å². The van der Waals surface area contributed by atoms with Crippen molar-refractivity contribution in [1.82, 2.24) is 9.78 Å². The largest absolute Gasteiger partial charge is 0.497 e. The Balaban J connectivity index is 1.52. The molecule has 1 atom stereocenters. The van der Waals surface area contributed by atoms with E-state index in [0.29, 0.717) is 39.8 Å². The SMILES string of the molecule is COc1ccc(NC(=O)C2=C(C)Nc3c(C(=O)Nc4cccc(C)c4)cnn3[C@H]2c2ccc(C)cc2)cc1. The molecule has 192 valence electrons. The van der Waals surface area contributed by atoms with Gasteiger partial charge in [0.05, 0.1) is 18.9 Å². The first kappa shape index (κ1) is 24.8. The van der Waals surface area contributed by atoms with Crippen LogP contribution in [0.15, 0.2) is 90.3 Å². The zero-order valence-electron chi connectivity index (χ0n) is 21.7. The van der Waals surface area contributed by atoms with Crippen LogP contribution in [0.4, 0.5) is 17.2 Å². The summed E-state index contributed by atoms with van der Waals surface area (Å²) in [5, 5.41) is 13.8. The van der Waals surface area contributed by atoms with Gasteiger partial charge in [-0.3, -0.25) is 9.59 Å². The van der Waals surface area contributed by atoms with Crippen molar-refractivity contribution in [2.45, 2.75) is 26.8 Å². The average Bonchev–Trinajstić information content (AvgIpc) is 3.32. The molecular weight excluding hydrogens is 478 g/mol. The van der Waals surface area contributed by atoms with E-state index in [2.05, 4.69) is 21.0 Å². The van der Waals surface area contributed by atoms with Crippen molar-refractivity contribution < 1.29 is 14.3 Å². The third-order valence-corrected chi connectivity index (χ3v) is 6.53. The number of nitrogens with zero attached hydrogens (tertiary/aromatic N) is 2. The normalized spacial score (nSPS) is 14.4. The summed E-state index contributed by atoms with van der Waals surface area (Å²) in [6, 6.07) is 22.2. The van der Waals surface area contributed by atoms with E-state index in [1.54, 1.807) is 36.1 Å². The van der Waals surface area contributed by atoms with E-state index in [-0.39, 0.29) is 11.8 Å². The van der Waals surface area contributed by atoms with Gasteiger partial charge >= 0.3 is 0 Å². The van der Waals surface area contributed by atoms with Crippen LogP contribution in [-0.2, 0) is 4.79 Å². The number of fused-ring (bicyclic) bond motifs is 1. The second-order valence-electron chi connectivity index (χ2n) is 9.33. The summed E-state index contributed by atoms with van der Waals surface area (Å²) in [6.07, 6.45) is 1.53. The van der Waals surface area contributed by atoms with Crippen molar-refractivity contribution in [3.8, 4) is 5.75 Å². The number of hydrogen-bond donors (Lipinski definition) is 3. The minimum Gasteiger partial charge on any atom is -0.497 e. The molecule has 1 aliphatic rings. The highest BCUT2D eigenvalue weighted by atomic mass is 16.5. The zero-order chi connectivity index (χ0) is 26.8. The van der Waals surface area contributed by atoms with E-state index in [0.717, 1.165) is 16.7 Å². The highest BCUT2D eigenvalue weighted by molar-refractivity contribution is 6.09. The van der Waals surface area contributed by atoms with Crippen LogP contribution in [0.5, 0.6) is 5.75 Å². The van der Waals surface area contributed by atoms with Gasteiger partial charge in [-0.25, -0.2) is 4.68 Å². The fourth-order valence-electron chi connectivity index (χ4n) is 4.57. The number of ether oxygens (including phenoxy) is 1. The molecule has 8 heteroatoms. The molecule has 0 fully saturated rings. The molecule has 2 amide bonds. The van der Waals surface area contributed by atoms with Crippen molar-refractivity contribution in [3.05, 3.63) is 113 Å². The monoisotopic (exact) mass is 507 g/mol. The molecule has 0 saturated heterocycles. The summed E-state index contributed by atoms with van der Waals surface area (Å²) < 4.78 is 6.92. The van der Waals surface area contributed by atoms with E-state index in [1.807, 2.05) is 69.3 Å². The molecule has 38 heavy (non-hydrogen) atoms. The molecule has 0 radical (unpaired) electrons. The molecule has 3 N–H and O–H groups in total. The van der Waals surface area contributed by atoms with Gasteiger partial charge in [0.25, 0.3) is 11.8 Å². The third kappa shape index (κ3) is 4.88. The molecule has 0 aliphatic carbocycles. The number of carbonyl (C=O) groups excluding carboxylic acids is 2. The van der Waals surface area contributed by atoms with Gasteiger partial charge in [-0.1, -0.05) is 42.0 Å².